The zero-order chi connectivity index (χ0) is 32.1. The molecule has 9 nitrogen and oxygen atoms in total. The lowest BCUT2D eigenvalue weighted by Crippen LogP contribution is -2.29. The van der Waals surface area contributed by atoms with Crippen LogP contribution in [0.25, 0.3) is 5.69 Å². The monoisotopic (exact) mass is 648 g/mol. The van der Waals surface area contributed by atoms with E-state index in [-0.39, 0.29) is 37.6 Å². The number of benzene rings is 3. The Labute approximate surface area is 260 Å². The number of halogens is 5. The Morgan fingerprint density at radius 1 is 1.11 bits per heavy atom. The van der Waals surface area contributed by atoms with Gasteiger partial charge >= 0.3 is 6.36 Å². The fourth-order valence-corrected chi connectivity index (χ4v) is 5.55. The number of ketones is 1. The number of anilines is 1. The van der Waals surface area contributed by atoms with E-state index < -0.39 is 29.9 Å². The predicted octanol–water partition coefficient (Wildman–Crippen LogP) is 6.26. The quantitative estimate of drug-likeness (QED) is 0.145. The van der Waals surface area contributed by atoms with Crippen molar-refractivity contribution < 1.29 is 41.7 Å². The summed E-state index contributed by atoms with van der Waals surface area (Å²) >= 11 is 6.25. The van der Waals surface area contributed by atoms with Crippen molar-refractivity contribution in [1.82, 2.24) is 14.8 Å². The molecule has 0 fully saturated rings. The van der Waals surface area contributed by atoms with E-state index in [2.05, 4.69) is 20.1 Å². The number of nitrogens with one attached hydrogen (secondary N) is 1. The topological polar surface area (TPSA) is 108 Å². The number of ether oxygens (including phenoxy) is 3. The van der Waals surface area contributed by atoms with Crippen LogP contribution in [0.5, 0.6) is 17.2 Å². The molecular weight excluding hydrogens is 620 g/mol. The van der Waals surface area contributed by atoms with E-state index in [1.54, 1.807) is 36.4 Å². The van der Waals surface area contributed by atoms with Gasteiger partial charge in [0.15, 0.2) is 17.3 Å². The Bertz CT molecular complexity index is 1650. The molecule has 0 bridgehead atoms. The molecule has 0 radical (unpaired) electrons. The van der Waals surface area contributed by atoms with Crippen LogP contribution in [0.4, 0.5) is 23.2 Å². The third-order valence-electron chi connectivity index (χ3n) is 7.45. The van der Waals surface area contributed by atoms with E-state index in [1.165, 1.54) is 24.4 Å². The summed E-state index contributed by atoms with van der Waals surface area (Å²) in [5.74, 6) is -2.05. The van der Waals surface area contributed by atoms with Gasteiger partial charge in [0.05, 0.1) is 19.4 Å². The lowest BCUT2D eigenvalue weighted by atomic mass is 9.87. The predicted molar refractivity (Wildman–Crippen MR) is 157 cm³/mol. The zero-order valence-electron chi connectivity index (χ0n) is 24.0. The van der Waals surface area contributed by atoms with Gasteiger partial charge in [-0.15, -0.1) is 13.2 Å². The highest BCUT2D eigenvalue weighted by molar-refractivity contribution is 6.30. The molecule has 4 aromatic rings. The van der Waals surface area contributed by atoms with Crippen molar-refractivity contribution in [3.8, 4) is 22.9 Å². The molecule has 0 aliphatic heterocycles. The first-order valence-corrected chi connectivity index (χ1v) is 14.4. The number of alkyl halides is 3. The number of hydrogen-bond donors (Lipinski definition) is 2. The number of nitrogens with zero attached hydrogens (tertiary/aromatic N) is 3. The van der Waals surface area contributed by atoms with Gasteiger partial charge in [-0.3, -0.25) is 4.79 Å². The second kappa shape index (κ2) is 13.7. The van der Waals surface area contributed by atoms with Crippen LogP contribution in [0.3, 0.4) is 0 Å². The summed E-state index contributed by atoms with van der Waals surface area (Å²) in [6.45, 7) is -0.316. The Morgan fingerprint density at radius 2 is 1.87 bits per heavy atom. The number of rotatable bonds is 11. The molecule has 1 heterocycles. The van der Waals surface area contributed by atoms with Crippen LogP contribution in [-0.2, 0) is 17.6 Å². The van der Waals surface area contributed by atoms with Crippen molar-refractivity contribution in [3.05, 3.63) is 88.7 Å². The average Bonchev–Trinajstić information content (AvgIpc) is 3.47. The lowest BCUT2D eigenvalue weighted by Gasteiger charge is -2.26. The van der Waals surface area contributed by atoms with Gasteiger partial charge in [0, 0.05) is 34.3 Å². The van der Waals surface area contributed by atoms with E-state index in [0.29, 0.717) is 51.7 Å². The molecule has 0 saturated heterocycles. The molecule has 3 aromatic carbocycles. The second-order valence-electron chi connectivity index (χ2n) is 10.4. The minimum Gasteiger partial charge on any atom is -0.497 e. The zero-order valence-corrected chi connectivity index (χ0v) is 24.7. The third-order valence-corrected chi connectivity index (χ3v) is 7.68. The molecule has 238 valence electrons. The number of aliphatic hydroxyl groups is 1. The highest BCUT2D eigenvalue weighted by atomic mass is 35.5. The first-order chi connectivity index (χ1) is 21.5. The van der Waals surface area contributed by atoms with Gasteiger partial charge in [-0.1, -0.05) is 17.7 Å². The number of carbonyl (C=O) groups is 1. The van der Waals surface area contributed by atoms with Gasteiger partial charge in [0.25, 0.3) is 0 Å². The number of methoxy groups -OCH3 is 1. The summed E-state index contributed by atoms with van der Waals surface area (Å²) in [7, 11) is 1.50. The smallest absolute Gasteiger partial charge is 0.497 e. The SMILES string of the molecule is COc1cc(NC(C(=O)C2CCc3cc(F)c(OC(F)(F)F)cc3CC2)c2ccc(Cl)cc2OCCO)cc(-n2cncn2)c1. The van der Waals surface area contributed by atoms with Crippen molar-refractivity contribution in [1.29, 1.82) is 0 Å². The minimum absolute atomic E-state index is 0.0451. The summed E-state index contributed by atoms with van der Waals surface area (Å²) in [5, 5.41) is 17.2. The number of carbonyl (C=O) groups excluding carboxylic acids is 1. The normalized spacial score (nSPS) is 15.5. The fraction of sp³-hybridized carbons (Fsp3) is 0.323. The fourth-order valence-electron chi connectivity index (χ4n) is 5.38. The van der Waals surface area contributed by atoms with Crippen molar-refractivity contribution in [3.63, 3.8) is 0 Å². The van der Waals surface area contributed by atoms with Gasteiger partial charge < -0.3 is 24.6 Å². The first-order valence-electron chi connectivity index (χ1n) is 14.0. The van der Waals surface area contributed by atoms with Gasteiger partial charge in [0.1, 0.15) is 36.8 Å². The van der Waals surface area contributed by atoms with E-state index in [0.717, 1.165) is 12.1 Å². The summed E-state index contributed by atoms with van der Waals surface area (Å²) in [4.78, 5) is 18.4. The minimum atomic E-state index is -5.04. The maximum Gasteiger partial charge on any atom is 0.573 e. The molecule has 2 N–H and O–H groups in total. The third kappa shape index (κ3) is 7.84. The van der Waals surface area contributed by atoms with Crippen molar-refractivity contribution >= 4 is 23.1 Å². The number of aryl methyl sites for hydroxylation is 2. The van der Waals surface area contributed by atoms with Gasteiger partial charge in [-0.2, -0.15) is 5.10 Å². The molecule has 14 heteroatoms. The Morgan fingerprint density at radius 3 is 2.53 bits per heavy atom. The van der Waals surface area contributed by atoms with Crippen molar-refractivity contribution in [2.45, 2.75) is 38.1 Å². The number of fused-ring (bicyclic) bond motifs is 1. The molecular formula is C31H29ClF4N4O5. The maximum atomic E-state index is 14.5. The largest absolute Gasteiger partial charge is 0.573 e. The van der Waals surface area contributed by atoms with Crippen molar-refractivity contribution in [2.24, 2.45) is 5.92 Å². The molecule has 0 amide bonds. The Hall–Kier alpha value is -4.36. The second-order valence-corrected chi connectivity index (χ2v) is 10.8. The van der Waals surface area contributed by atoms with Gasteiger partial charge in [-0.05, 0) is 67.1 Å². The summed E-state index contributed by atoms with van der Waals surface area (Å²) in [6, 6.07) is 11.1. The van der Waals surface area contributed by atoms with E-state index in [4.69, 9.17) is 21.1 Å². The highest BCUT2D eigenvalue weighted by Gasteiger charge is 2.35. The van der Waals surface area contributed by atoms with Crippen molar-refractivity contribution in [2.75, 3.05) is 25.6 Å². The molecule has 45 heavy (non-hydrogen) atoms. The van der Waals surface area contributed by atoms with Crippen LogP contribution < -0.4 is 19.5 Å². The van der Waals surface area contributed by atoms with Crippen LogP contribution in [-0.4, -0.2) is 52.3 Å². The average molecular weight is 649 g/mol. The standard InChI is InChI=1S/C31H29ClF4N4O5/c1-43-24-14-22(13-23(15-24)40-17-37-16-38-40)39-29(25-7-6-21(32)12-27(25)44-9-8-41)30(42)18-2-4-19-10-26(33)28(45-31(34,35)36)11-20(19)5-3-18/h6-7,10-18,29,39,41H,2-5,8-9H2,1H3. The summed E-state index contributed by atoms with van der Waals surface area (Å²) in [6.07, 6.45) is -1.03. The van der Waals surface area contributed by atoms with Crippen LogP contribution >= 0.6 is 11.6 Å². The van der Waals surface area contributed by atoms with E-state index >= 15 is 0 Å². The number of Topliss-reactive ketones (excluding diaryl/α,β-unsaturated/α-hetero) is 1. The van der Waals surface area contributed by atoms with Gasteiger partial charge in [0.2, 0.25) is 0 Å². The molecule has 2 unspecified atom stereocenters. The maximum absolute atomic E-state index is 14.5. The van der Waals surface area contributed by atoms with Gasteiger partial charge in [-0.25, -0.2) is 14.1 Å². The van der Waals surface area contributed by atoms with Crippen LogP contribution in [0, 0.1) is 11.7 Å². The van der Waals surface area contributed by atoms with Crippen LogP contribution in [0.2, 0.25) is 5.02 Å². The first kappa shape index (κ1) is 32.0. The molecule has 0 spiro atoms. The molecule has 2 atom stereocenters. The van der Waals surface area contributed by atoms with E-state index in [1.807, 2.05) is 0 Å². The molecule has 0 saturated carbocycles. The number of aromatic nitrogens is 3. The lowest BCUT2D eigenvalue weighted by molar-refractivity contribution is -0.275. The van der Waals surface area contributed by atoms with Crippen LogP contribution in [0.1, 0.15) is 35.6 Å². The number of hydrogen-bond acceptors (Lipinski definition) is 8. The molecule has 1 aliphatic carbocycles. The summed E-state index contributed by atoms with van der Waals surface area (Å²) < 4.78 is 69.6. The molecule has 1 aliphatic rings. The Kier molecular flexibility index (Phi) is 9.78. The Balaban J connectivity index is 1.49. The highest BCUT2D eigenvalue weighted by Crippen LogP contribution is 2.38. The van der Waals surface area contributed by atoms with Crippen LogP contribution in [0.15, 0.2) is 61.2 Å². The van der Waals surface area contributed by atoms with E-state index in [9.17, 15) is 27.5 Å². The summed E-state index contributed by atoms with van der Waals surface area (Å²) in [5.41, 5.74) is 2.58. The number of aliphatic hydroxyl groups excluding tert-OH is 1. The molecule has 5 rings (SSSR count). The molecule has 1 aromatic heterocycles.